The number of nitrogens with one attached hydrogen (secondary N) is 4. The molecule has 0 spiro atoms. The smallest absolute Gasteiger partial charge is 0.277 e. The first-order chi connectivity index (χ1) is 14.7. The van der Waals surface area contributed by atoms with Gasteiger partial charge in [0.1, 0.15) is 13.1 Å². The molecule has 10 nitrogen and oxygen atoms in total. The number of alkyl halides is 1. The van der Waals surface area contributed by atoms with Crippen molar-refractivity contribution in [2.24, 2.45) is 0 Å². The van der Waals surface area contributed by atoms with Gasteiger partial charge in [-0.2, -0.15) is 0 Å². The zero-order chi connectivity index (χ0) is 23.7. The molecular formula is C21H44BrN6O4+. The summed E-state index contributed by atoms with van der Waals surface area (Å²) in [7, 11) is 3.22. The van der Waals surface area contributed by atoms with Crippen LogP contribution in [0, 0.1) is 0 Å². The minimum atomic E-state index is -0.0687. The summed E-state index contributed by atoms with van der Waals surface area (Å²) in [5.74, 6) is -0.0386. The summed E-state index contributed by atoms with van der Waals surface area (Å²) in [6.45, 7) is 7.13. The van der Waals surface area contributed by atoms with E-state index >= 15 is 0 Å². The first kappa shape index (κ1) is 32.5. The molecule has 2 aliphatic rings. The molecule has 4 N–H and O–H groups in total. The fourth-order valence-electron chi connectivity index (χ4n) is 3.41. The Morgan fingerprint density at radius 3 is 1.69 bits per heavy atom. The number of rotatable bonds is 5. The van der Waals surface area contributed by atoms with Crippen molar-refractivity contribution in [1.82, 2.24) is 26.5 Å². The highest BCUT2D eigenvalue weighted by Crippen LogP contribution is 2.15. The van der Waals surface area contributed by atoms with Crippen LogP contribution in [0.2, 0.25) is 0 Å². The Balaban J connectivity index is 0. The van der Waals surface area contributed by atoms with Gasteiger partial charge in [0.05, 0.1) is 5.33 Å². The molecule has 2 saturated heterocycles. The summed E-state index contributed by atoms with van der Waals surface area (Å²) in [6, 6.07) is 0. The first-order valence-corrected chi connectivity index (χ1v) is 11.9. The maximum absolute atomic E-state index is 11.4. The molecule has 4 amide bonds. The van der Waals surface area contributed by atoms with Crippen LogP contribution in [0.1, 0.15) is 59.8 Å². The van der Waals surface area contributed by atoms with Gasteiger partial charge in [0.15, 0.2) is 6.54 Å². The molecule has 32 heavy (non-hydrogen) atoms. The zero-order valence-corrected chi connectivity index (χ0v) is 21.0. The van der Waals surface area contributed by atoms with Gasteiger partial charge in [-0.15, -0.1) is 0 Å². The first-order valence-electron chi connectivity index (χ1n) is 10.8. The summed E-state index contributed by atoms with van der Waals surface area (Å²) >= 11 is 2.96. The van der Waals surface area contributed by atoms with Gasteiger partial charge in [-0.3, -0.25) is 24.6 Å². The quantitative estimate of drug-likeness (QED) is 0.317. The minimum Gasteiger partial charge on any atom is -0.358 e. The van der Waals surface area contributed by atoms with Crippen molar-refractivity contribution in [2.45, 2.75) is 59.8 Å². The van der Waals surface area contributed by atoms with Gasteiger partial charge < -0.3 is 10.6 Å². The predicted molar refractivity (Wildman–Crippen MR) is 130 cm³/mol. The topological polar surface area (TPSA) is 120 Å². The fourth-order valence-corrected chi connectivity index (χ4v) is 3.69. The number of carbonyl (C=O) groups excluding carboxylic acids is 4. The molecular weight excluding hydrogens is 480 g/mol. The lowest BCUT2D eigenvalue weighted by Gasteiger charge is -2.39. The van der Waals surface area contributed by atoms with Crippen LogP contribution in [0.25, 0.3) is 0 Å². The zero-order valence-electron chi connectivity index (χ0n) is 19.4. The van der Waals surface area contributed by atoms with E-state index in [2.05, 4.69) is 37.4 Å². The number of carbonyl (C=O) groups is 4. The Bertz CT molecular complexity index is 558. The number of amides is 4. The van der Waals surface area contributed by atoms with E-state index in [4.69, 9.17) is 0 Å². The van der Waals surface area contributed by atoms with Gasteiger partial charge in [-0.25, -0.2) is 15.0 Å². The summed E-state index contributed by atoms with van der Waals surface area (Å²) in [4.78, 5) is 43.1. The normalized spacial score (nSPS) is 16.9. The van der Waals surface area contributed by atoms with E-state index in [0.717, 1.165) is 39.0 Å². The van der Waals surface area contributed by atoms with Crippen molar-refractivity contribution in [3.63, 3.8) is 0 Å². The molecule has 188 valence electrons. The molecule has 0 atom stereocenters. The maximum atomic E-state index is 11.4. The van der Waals surface area contributed by atoms with Gasteiger partial charge in [-0.1, -0.05) is 29.8 Å². The van der Waals surface area contributed by atoms with Crippen molar-refractivity contribution in [1.29, 1.82) is 0 Å². The monoisotopic (exact) mass is 523 g/mol. The second kappa shape index (κ2) is 18.8. The average molecular weight is 525 g/mol. The van der Waals surface area contributed by atoms with Crippen molar-refractivity contribution < 1.29 is 23.8 Å². The molecule has 0 aliphatic carbocycles. The van der Waals surface area contributed by atoms with Crippen LogP contribution in [0.5, 0.6) is 0 Å². The number of hydrogen-bond donors (Lipinski definition) is 4. The van der Waals surface area contributed by atoms with E-state index in [1.54, 1.807) is 21.0 Å². The number of hydrazine groups is 1. The number of halogens is 1. The number of piperidine rings is 2. The van der Waals surface area contributed by atoms with Crippen LogP contribution in [0.3, 0.4) is 0 Å². The number of quaternary nitrogens is 1. The Morgan fingerprint density at radius 2 is 1.31 bits per heavy atom. The minimum absolute atomic E-state index is 0. The molecule has 0 saturated carbocycles. The lowest BCUT2D eigenvalue weighted by Crippen LogP contribution is -2.64. The lowest BCUT2D eigenvalue weighted by molar-refractivity contribution is -0.958. The molecule has 0 aromatic heterocycles. The molecule has 0 aromatic rings. The standard InChI is InChI=1S/C10H19N3O2.C7H14N2O.C3H6BrNO.CH4/c1-9(14)12-13(8-10(15)11-2)6-4-3-5-7-13;1-7(10)8-9-5-3-2-4-6-9;1-5-3(6)2-4;/h3-8H2,1-2H3,(H-,11,12,14,15);2-6H2,1H3,(H,8,10);2H2,1H3,(H,5,6);1H4/p+1. The van der Waals surface area contributed by atoms with Crippen LogP contribution in [-0.4, -0.2) is 85.4 Å². The summed E-state index contributed by atoms with van der Waals surface area (Å²) in [5, 5.41) is 7.42. The van der Waals surface area contributed by atoms with E-state index < -0.39 is 0 Å². The van der Waals surface area contributed by atoms with E-state index in [-0.39, 0.29) is 31.1 Å². The molecule has 0 radical (unpaired) electrons. The molecule has 0 bridgehead atoms. The van der Waals surface area contributed by atoms with E-state index in [1.807, 2.05) is 5.01 Å². The number of hydrogen-bond acceptors (Lipinski definition) is 5. The number of likely N-dealkylation sites (tertiary alicyclic amines) is 1. The van der Waals surface area contributed by atoms with Gasteiger partial charge in [0.2, 0.25) is 11.8 Å². The average Bonchev–Trinajstić information content (AvgIpc) is 2.74. The highest BCUT2D eigenvalue weighted by atomic mass is 79.9. The summed E-state index contributed by atoms with van der Waals surface area (Å²) < 4.78 is 0.412. The largest absolute Gasteiger partial charge is 0.358 e. The van der Waals surface area contributed by atoms with E-state index in [1.165, 1.54) is 32.6 Å². The van der Waals surface area contributed by atoms with Gasteiger partial charge in [-0.05, 0) is 32.1 Å². The van der Waals surface area contributed by atoms with Crippen LogP contribution >= 0.6 is 15.9 Å². The van der Waals surface area contributed by atoms with Crippen molar-refractivity contribution in [2.75, 3.05) is 52.1 Å². The van der Waals surface area contributed by atoms with Crippen molar-refractivity contribution in [3.8, 4) is 0 Å². The number of nitrogens with zero attached hydrogens (tertiary/aromatic N) is 2. The Morgan fingerprint density at radius 1 is 0.812 bits per heavy atom. The molecule has 0 aromatic carbocycles. The molecule has 2 rings (SSSR count). The van der Waals surface area contributed by atoms with Gasteiger partial charge in [0, 0.05) is 41.0 Å². The molecule has 2 heterocycles. The van der Waals surface area contributed by atoms with Crippen LogP contribution in [-0.2, 0) is 19.2 Å². The maximum Gasteiger partial charge on any atom is 0.277 e. The van der Waals surface area contributed by atoms with E-state index in [9.17, 15) is 19.2 Å². The Labute approximate surface area is 201 Å². The highest BCUT2D eigenvalue weighted by Gasteiger charge is 2.33. The Hall–Kier alpha value is -1.72. The lowest BCUT2D eigenvalue weighted by atomic mass is 10.1. The third kappa shape index (κ3) is 16.0. The van der Waals surface area contributed by atoms with Gasteiger partial charge >= 0.3 is 0 Å². The SMILES string of the molecule is C.CC(=O)NN1CCCCC1.CNC(=O)CBr.CNC(=O)C[N+]1(NC(C)=O)CCCCC1. The van der Waals surface area contributed by atoms with Crippen LogP contribution < -0.4 is 21.5 Å². The second-order valence-electron chi connectivity index (χ2n) is 7.67. The van der Waals surface area contributed by atoms with Crippen LogP contribution in [0.4, 0.5) is 0 Å². The van der Waals surface area contributed by atoms with Crippen LogP contribution in [0.15, 0.2) is 0 Å². The fraction of sp³-hybridized carbons (Fsp3) is 0.810. The second-order valence-corrected chi connectivity index (χ2v) is 8.24. The van der Waals surface area contributed by atoms with Crippen molar-refractivity contribution in [3.05, 3.63) is 0 Å². The summed E-state index contributed by atoms with van der Waals surface area (Å²) in [6.07, 6.45) is 7.04. The molecule has 0 unspecified atom stereocenters. The number of likely N-dealkylation sites (N-methyl/N-ethyl adjacent to an activating group) is 1. The predicted octanol–water partition coefficient (Wildman–Crippen LogP) is 1.07. The highest BCUT2D eigenvalue weighted by molar-refractivity contribution is 9.09. The molecule has 2 aliphatic heterocycles. The van der Waals surface area contributed by atoms with E-state index in [0.29, 0.717) is 16.5 Å². The van der Waals surface area contributed by atoms with Crippen molar-refractivity contribution >= 4 is 39.6 Å². The third-order valence-corrected chi connectivity index (χ3v) is 5.37. The molecule has 11 heteroatoms. The van der Waals surface area contributed by atoms with Gasteiger partial charge in [0.25, 0.3) is 11.8 Å². The summed E-state index contributed by atoms with van der Waals surface area (Å²) in [5.41, 5.74) is 5.67. The molecule has 2 fully saturated rings. The third-order valence-electron chi connectivity index (χ3n) is 4.86. The Kier molecular flexibility index (Phi) is 19.1.